The summed E-state index contributed by atoms with van der Waals surface area (Å²) >= 11 is 6.77. The van der Waals surface area contributed by atoms with Crippen molar-refractivity contribution in [1.82, 2.24) is 9.55 Å². The molecule has 0 atom stereocenters. The molecule has 2 heterocycles. The van der Waals surface area contributed by atoms with E-state index < -0.39 is 23.1 Å². The molecule has 3 rings (SSSR count). The van der Waals surface area contributed by atoms with E-state index in [0.717, 1.165) is 22.1 Å². The van der Waals surface area contributed by atoms with Crippen molar-refractivity contribution in [2.24, 2.45) is 4.99 Å². The van der Waals surface area contributed by atoms with Crippen molar-refractivity contribution in [3.8, 4) is 17.6 Å². The number of rotatable bonds is 5. The van der Waals surface area contributed by atoms with Crippen molar-refractivity contribution >= 4 is 40.1 Å². The maximum Gasteiger partial charge on any atom is 0.348 e. The molecule has 31 heavy (non-hydrogen) atoms. The molecule has 3 aromatic rings. The van der Waals surface area contributed by atoms with Crippen LogP contribution >= 0.6 is 22.9 Å². The van der Waals surface area contributed by atoms with Gasteiger partial charge in [-0.2, -0.15) is 5.26 Å². The topological polar surface area (TPSA) is 138 Å². The molecule has 0 aliphatic carbocycles. The second kappa shape index (κ2) is 8.99. The minimum absolute atomic E-state index is 0.145. The zero-order valence-electron chi connectivity index (χ0n) is 16.3. The van der Waals surface area contributed by atoms with Crippen LogP contribution < -0.4 is 11.2 Å². The summed E-state index contributed by atoms with van der Waals surface area (Å²) in [5.41, 5.74) is -1.20. The smallest absolute Gasteiger partial charge is 0.348 e. The van der Waals surface area contributed by atoms with E-state index in [1.807, 2.05) is 6.07 Å². The Morgan fingerprint density at radius 2 is 2.06 bits per heavy atom. The van der Waals surface area contributed by atoms with Crippen LogP contribution in [-0.4, -0.2) is 33.4 Å². The lowest BCUT2D eigenvalue weighted by molar-refractivity contribution is 0.0531. The number of hydrogen-bond acceptors (Lipinski definition) is 8. The van der Waals surface area contributed by atoms with Gasteiger partial charge in [0.25, 0.3) is 5.56 Å². The maximum atomic E-state index is 12.3. The van der Waals surface area contributed by atoms with Crippen molar-refractivity contribution in [1.29, 1.82) is 5.26 Å². The van der Waals surface area contributed by atoms with Crippen LogP contribution in [0.5, 0.6) is 5.88 Å². The average Bonchev–Trinajstić information content (AvgIpc) is 3.04. The van der Waals surface area contributed by atoms with Gasteiger partial charge in [-0.05, 0) is 43.7 Å². The number of aliphatic imine (C=N–C) groups is 1. The van der Waals surface area contributed by atoms with Crippen LogP contribution in [0.3, 0.4) is 0 Å². The Hall–Kier alpha value is -3.68. The lowest BCUT2D eigenvalue weighted by Crippen LogP contribution is -2.31. The fourth-order valence-corrected chi connectivity index (χ4v) is 3.84. The molecule has 0 unspecified atom stereocenters. The number of benzene rings is 1. The number of nitrogens with zero attached hydrogens (tertiary/aromatic N) is 3. The van der Waals surface area contributed by atoms with Crippen LogP contribution in [0.15, 0.2) is 38.8 Å². The molecule has 11 heteroatoms. The molecule has 0 aliphatic rings. The molecule has 0 aliphatic heterocycles. The number of ether oxygens (including phenoxy) is 1. The summed E-state index contributed by atoms with van der Waals surface area (Å²) in [7, 11) is 0. The minimum Gasteiger partial charge on any atom is -0.493 e. The number of thiophene rings is 1. The van der Waals surface area contributed by atoms with E-state index in [2.05, 4.69) is 9.98 Å². The van der Waals surface area contributed by atoms with Gasteiger partial charge in [0.15, 0.2) is 0 Å². The number of H-pyrrole nitrogens is 1. The molecule has 0 bridgehead atoms. The number of carbonyl (C=O) groups is 1. The molecule has 0 spiro atoms. The number of hydrogen-bond donors (Lipinski definition) is 2. The van der Waals surface area contributed by atoms with Crippen LogP contribution in [0.4, 0.5) is 5.00 Å². The van der Waals surface area contributed by atoms with Crippen LogP contribution in [0.2, 0.25) is 5.02 Å². The van der Waals surface area contributed by atoms with Gasteiger partial charge in [-0.3, -0.25) is 9.78 Å². The zero-order valence-corrected chi connectivity index (χ0v) is 17.9. The Morgan fingerprint density at radius 1 is 1.39 bits per heavy atom. The molecule has 0 radical (unpaired) electrons. The van der Waals surface area contributed by atoms with E-state index in [-0.39, 0.29) is 33.3 Å². The van der Waals surface area contributed by atoms with Crippen molar-refractivity contribution in [2.45, 2.75) is 13.8 Å². The fraction of sp³-hybridized carbons (Fsp3) is 0.150. The Kier molecular flexibility index (Phi) is 6.39. The van der Waals surface area contributed by atoms with Gasteiger partial charge in [0, 0.05) is 11.2 Å². The Balaban J connectivity index is 2.11. The largest absolute Gasteiger partial charge is 0.493 e. The molecule has 0 saturated carbocycles. The third-order valence-corrected chi connectivity index (χ3v) is 5.65. The second-order valence-corrected chi connectivity index (χ2v) is 7.57. The second-order valence-electron chi connectivity index (χ2n) is 6.14. The van der Waals surface area contributed by atoms with Gasteiger partial charge < -0.3 is 9.84 Å². The van der Waals surface area contributed by atoms with Crippen molar-refractivity contribution in [2.75, 3.05) is 6.61 Å². The number of nitriles is 1. The summed E-state index contributed by atoms with van der Waals surface area (Å²) < 4.78 is 5.86. The number of esters is 1. The highest BCUT2D eigenvalue weighted by atomic mass is 35.5. The summed E-state index contributed by atoms with van der Waals surface area (Å²) in [6.45, 7) is 3.42. The number of carbonyl (C=O) groups excluding carboxylic acids is 1. The molecule has 1 aromatic carbocycles. The standard InChI is InChI=1S/C20H15ClN4O5S/c1-3-30-19(28)15-10(2)13(8-22)17(31-15)23-9-14-16(26)24-20(29)25(18(14)27)12-6-4-11(21)5-7-12/h4-7,9,27H,3H2,1-2H3,(H,24,26,29). The van der Waals surface area contributed by atoms with Gasteiger partial charge in [-0.25, -0.2) is 19.1 Å². The summed E-state index contributed by atoms with van der Waals surface area (Å²) in [5, 5.41) is 20.6. The number of aromatic amines is 1. The number of aromatic nitrogens is 2. The quantitative estimate of drug-likeness (QED) is 0.445. The molecule has 2 N–H and O–H groups in total. The monoisotopic (exact) mass is 458 g/mol. The zero-order chi connectivity index (χ0) is 22.7. The predicted octanol–water partition coefficient (Wildman–Crippen LogP) is 3.05. The van der Waals surface area contributed by atoms with Crippen molar-refractivity contribution in [3.63, 3.8) is 0 Å². The molecule has 0 saturated heterocycles. The highest BCUT2D eigenvalue weighted by molar-refractivity contribution is 7.18. The number of halogens is 1. The maximum absolute atomic E-state index is 12.3. The molecule has 0 amide bonds. The average molecular weight is 459 g/mol. The van der Waals surface area contributed by atoms with E-state index in [1.54, 1.807) is 13.8 Å². The molecule has 2 aromatic heterocycles. The molecular weight excluding hydrogens is 444 g/mol. The van der Waals surface area contributed by atoms with Gasteiger partial charge in [0.2, 0.25) is 5.88 Å². The van der Waals surface area contributed by atoms with Crippen molar-refractivity contribution in [3.05, 3.63) is 71.7 Å². The minimum atomic E-state index is -0.867. The first-order chi connectivity index (χ1) is 14.8. The molecular formula is C20H15ClN4O5S. The van der Waals surface area contributed by atoms with Gasteiger partial charge in [0.1, 0.15) is 21.5 Å². The van der Waals surface area contributed by atoms with E-state index in [4.69, 9.17) is 16.3 Å². The first-order valence-corrected chi connectivity index (χ1v) is 10.1. The summed E-state index contributed by atoms with van der Waals surface area (Å²) in [6.07, 6.45) is 1.03. The van der Waals surface area contributed by atoms with Crippen molar-refractivity contribution < 1.29 is 14.6 Å². The van der Waals surface area contributed by atoms with E-state index in [9.17, 15) is 24.8 Å². The Morgan fingerprint density at radius 3 is 2.68 bits per heavy atom. The highest BCUT2D eigenvalue weighted by Gasteiger charge is 2.21. The SMILES string of the molecule is CCOC(=O)c1sc(N=Cc2c(O)n(-c3ccc(Cl)cc3)c(=O)[nH]c2=O)c(C#N)c1C. The summed E-state index contributed by atoms with van der Waals surface area (Å²) in [6, 6.07) is 7.99. The normalized spacial score (nSPS) is 10.9. The third-order valence-electron chi connectivity index (χ3n) is 4.22. The first kappa shape index (κ1) is 22.0. The van der Waals surface area contributed by atoms with E-state index >= 15 is 0 Å². The van der Waals surface area contributed by atoms with Gasteiger partial charge in [-0.1, -0.05) is 11.6 Å². The summed E-state index contributed by atoms with van der Waals surface area (Å²) in [5.74, 6) is -1.22. The van der Waals surface area contributed by atoms with Crippen LogP contribution in [-0.2, 0) is 4.74 Å². The summed E-state index contributed by atoms with van der Waals surface area (Å²) in [4.78, 5) is 43.0. The predicted molar refractivity (Wildman–Crippen MR) is 116 cm³/mol. The molecule has 0 fully saturated rings. The molecule has 9 nitrogen and oxygen atoms in total. The lowest BCUT2D eigenvalue weighted by Gasteiger charge is -2.09. The van der Waals surface area contributed by atoms with E-state index in [0.29, 0.717) is 10.6 Å². The third kappa shape index (κ3) is 4.28. The Bertz CT molecular complexity index is 1350. The first-order valence-electron chi connectivity index (χ1n) is 8.87. The van der Waals surface area contributed by atoms with Crippen LogP contribution in [0.25, 0.3) is 5.69 Å². The van der Waals surface area contributed by atoms with Gasteiger partial charge in [-0.15, -0.1) is 11.3 Å². The fourth-order valence-electron chi connectivity index (χ4n) is 2.72. The van der Waals surface area contributed by atoms with Crippen LogP contribution in [0.1, 0.15) is 33.3 Å². The van der Waals surface area contributed by atoms with Gasteiger partial charge in [0.05, 0.1) is 17.9 Å². The lowest BCUT2D eigenvalue weighted by atomic mass is 10.2. The molecule has 158 valence electrons. The number of nitrogens with one attached hydrogen (secondary N) is 1. The van der Waals surface area contributed by atoms with E-state index in [1.165, 1.54) is 24.3 Å². The highest BCUT2D eigenvalue weighted by Crippen LogP contribution is 2.35. The number of aromatic hydroxyl groups is 1. The Labute approximate surface area is 184 Å². The van der Waals surface area contributed by atoms with Gasteiger partial charge >= 0.3 is 11.7 Å². The van der Waals surface area contributed by atoms with Crippen LogP contribution in [0, 0.1) is 18.3 Å².